The second kappa shape index (κ2) is 9.34. The molecule has 0 aliphatic rings. The van der Waals surface area contributed by atoms with Crippen molar-refractivity contribution >= 4 is 27.9 Å². The van der Waals surface area contributed by atoms with Crippen LogP contribution >= 0.6 is 0 Å². The van der Waals surface area contributed by atoms with Gasteiger partial charge < -0.3 is 28.9 Å². The second-order valence-corrected chi connectivity index (χ2v) is 7.39. The maximum absolute atomic E-state index is 12.5. The summed E-state index contributed by atoms with van der Waals surface area (Å²) in [5, 5.41) is 1.17. The minimum Gasteiger partial charge on any atom is -1.00 e. The van der Waals surface area contributed by atoms with E-state index in [4.69, 9.17) is 0 Å². The molecule has 0 spiro atoms. The van der Waals surface area contributed by atoms with E-state index >= 15 is 0 Å². The normalized spacial score (nSPS) is 10.4. The Kier molecular flexibility index (Phi) is 6.80. The number of ketones is 1. The Bertz CT molecular complexity index is 1250. The van der Waals surface area contributed by atoms with Crippen LogP contribution in [0.5, 0.6) is 0 Å². The van der Waals surface area contributed by atoms with Gasteiger partial charge >= 0.3 is 0 Å². The number of hydrogen-bond acceptors (Lipinski definition) is 4. The largest absolute Gasteiger partial charge is 1.00 e. The van der Waals surface area contributed by atoms with Crippen LogP contribution in [-0.4, -0.2) is 29.8 Å². The van der Waals surface area contributed by atoms with E-state index in [0.29, 0.717) is 11.3 Å². The number of fused-ring (bicyclic) bond motifs is 1. The maximum Gasteiger partial charge on any atom is 0.212 e. The van der Waals surface area contributed by atoms with Gasteiger partial charge in [0.1, 0.15) is 12.7 Å². The summed E-state index contributed by atoms with van der Waals surface area (Å²) in [6, 6.07) is 18.1. The average Bonchev–Trinajstić information content (AvgIpc) is 2.79. The number of nitrogens with zero attached hydrogens (tertiary/aromatic N) is 4. The van der Waals surface area contributed by atoms with Crippen molar-refractivity contribution in [1.82, 2.24) is 9.97 Å². The highest BCUT2D eigenvalue weighted by Gasteiger charge is 2.17. The van der Waals surface area contributed by atoms with E-state index in [1.807, 2.05) is 45.4 Å². The predicted molar refractivity (Wildman–Crippen MR) is 119 cm³/mol. The second-order valence-electron chi connectivity index (χ2n) is 7.39. The van der Waals surface area contributed by atoms with E-state index in [1.165, 1.54) is 17.8 Å². The first-order chi connectivity index (χ1) is 14.5. The molecular weight excluding hydrogens is 499 g/mol. The van der Waals surface area contributed by atoms with Gasteiger partial charge in [-0.3, -0.25) is 9.78 Å². The summed E-state index contributed by atoms with van der Waals surface area (Å²) in [6.45, 7) is 4.30. The van der Waals surface area contributed by atoms with E-state index in [-0.39, 0.29) is 29.8 Å². The zero-order chi connectivity index (χ0) is 21.3. The molecule has 4 aromatic rings. The summed E-state index contributed by atoms with van der Waals surface area (Å²) >= 11 is 0. The Labute approximate surface area is 199 Å². The number of aromatic nitrogens is 3. The minimum absolute atomic E-state index is 0. The lowest BCUT2D eigenvalue weighted by Gasteiger charge is -2.13. The van der Waals surface area contributed by atoms with Gasteiger partial charge in [-0.15, -0.1) is 0 Å². The van der Waals surface area contributed by atoms with Gasteiger partial charge in [-0.2, -0.15) is 4.57 Å². The first kappa shape index (κ1) is 22.6. The van der Waals surface area contributed by atoms with Crippen LogP contribution < -0.4 is 33.4 Å². The molecule has 4 rings (SSSR count). The van der Waals surface area contributed by atoms with Gasteiger partial charge in [-0.25, -0.2) is 4.98 Å². The van der Waals surface area contributed by atoms with Gasteiger partial charge in [0.15, 0.2) is 0 Å². The van der Waals surface area contributed by atoms with E-state index < -0.39 is 0 Å². The van der Waals surface area contributed by atoms with Crippen LogP contribution in [0.2, 0.25) is 0 Å². The highest BCUT2D eigenvalue weighted by molar-refractivity contribution is 6.07. The number of anilines is 1. The Hall–Kier alpha value is -3.13. The summed E-state index contributed by atoms with van der Waals surface area (Å²) in [6.07, 6.45) is 4.55. The van der Waals surface area contributed by atoms with Crippen molar-refractivity contribution in [3.8, 4) is 0 Å². The van der Waals surface area contributed by atoms with E-state index in [0.717, 1.165) is 28.0 Å². The average molecular weight is 522 g/mol. The van der Waals surface area contributed by atoms with Crippen molar-refractivity contribution in [2.45, 2.75) is 0 Å². The number of aryl methyl sites for hydroxylation is 1. The third-order valence-electron chi connectivity index (χ3n) is 5.27. The number of rotatable bonds is 5. The lowest BCUT2D eigenvalue weighted by atomic mass is 9.99. The van der Waals surface area contributed by atoms with Crippen molar-refractivity contribution in [2.75, 3.05) is 19.0 Å². The van der Waals surface area contributed by atoms with Crippen LogP contribution in [0.1, 0.15) is 27.3 Å². The summed E-state index contributed by atoms with van der Waals surface area (Å²) in [5.74, 6) is -0.145. The Balaban J connectivity index is 0.00000272. The monoisotopic (exact) mass is 522 g/mol. The van der Waals surface area contributed by atoms with Crippen LogP contribution in [0.25, 0.3) is 16.5 Å². The summed E-state index contributed by atoms with van der Waals surface area (Å²) < 4.78 is 2.15. The van der Waals surface area contributed by atoms with E-state index in [9.17, 15) is 4.79 Å². The molecule has 0 N–H and O–H groups in total. The Morgan fingerprint density at radius 3 is 2.32 bits per heavy atom. The molecule has 2 aromatic carbocycles. The topological polar surface area (TPSA) is 50.0 Å². The van der Waals surface area contributed by atoms with Crippen molar-refractivity contribution < 1.29 is 33.3 Å². The van der Waals surface area contributed by atoms with Gasteiger partial charge in [0.25, 0.3) is 0 Å². The molecule has 6 heteroatoms. The summed E-state index contributed by atoms with van der Waals surface area (Å²) in [4.78, 5) is 22.7. The number of hydrogen-bond donors (Lipinski definition) is 0. The zero-order valence-corrected chi connectivity index (χ0v) is 19.9. The van der Waals surface area contributed by atoms with Crippen LogP contribution in [-0.2, 0) is 7.05 Å². The molecule has 0 aliphatic heterocycles. The molecule has 2 heterocycles. The number of benzene rings is 2. The SMILES string of the molecule is C=C(c1ccc(C(=O)c2cnccn2)cc1)c1ccc2cc(N(C)C)ccc2[n+]1C.[I-]. The van der Waals surface area contributed by atoms with Crippen molar-refractivity contribution in [1.29, 1.82) is 0 Å². The first-order valence-electron chi connectivity index (χ1n) is 9.66. The van der Waals surface area contributed by atoms with Crippen LogP contribution in [0.15, 0.2) is 79.8 Å². The fraction of sp³-hybridized carbons (Fsp3) is 0.120. The van der Waals surface area contributed by atoms with E-state index in [1.54, 1.807) is 6.20 Å². The highest BCUT2D eigenvalue weighted by Crippen LogP contribution is 2.24. The molecule has 0 unspecified atom stereocenters. The molecule has 156 valence electrons. The molecule has 0 aliphatic carbocycles. The van der Waals surface area contributed by atoms with Crippen LogP contribution in [0.3, 0.4) is 0 Å². The lowest BCUT2D eigenvalue weighted by molar-refractivity contribution is -0.647. The lowest BCUT2D eigenvalue weighted by Crippen LogP contribution is -3.00. The van der Waals surface area contributed by atoms with Crippen molar-refractivity contribution in [3.05, 3.63) is 102 Å². The van der Waals surface area contributed by atoms with Crippen LogP contribution in [0.4, 0.5) is 5.69 Å². The third-order valence-corrected chi connectivity index (χ3v) is 5.27. The van der Waals surface area contributed by atoms with Gasteiger partial charge in [0.05, 0.1) is 6.20 Å². The van der Waals surface area contributed by atoms with Crippen LogP contribution in [0, 0.1) is 0 Å². The molecule has 2 aromatic heterocycles. The van der Waals surface area contributed by atoms with Gasteiger partial charge in [0.2, 0.25) is 17.0 Å². The van der Waals surface area contributed by atoms with Crippen molar-refractivity contribution in [2.24, 2.45) is 7.05 Å². The van der Waals surface area contributed by atoms with Gasteiger partial charge in [0, 0.05) is 60.8 Å². The molecule has 0 bridgehead atoms. The Morgan fingerprint density at radius 2 is 1.68 bits per heavy atom. The third kappa shape index (κ3) is 4.49. The maximum atomic E-state index is 12.5. The molecule has 0 amide bonds. The number of carbonyl (C=O) groups is 1. The molecular formula is C25H23IN4O. The molecule has 0 saturated heterocycles. The van der Waals surface area contributed by atoms with E-state index in [2.05, 4.69) is 56.3 Å². The number of halogens is 1. The molecule has 0 saturated carbocycles. The minimum atomic E-state index is -0.145. The zero-order valence-electron chi connectivity index (χ0n) is 17.7. The number of pyridine rings is 1. The van der Waals surface area contributed by atoms with Gasteiger partial charge in [-0.1, -0.05) is 30.8 Å². The molecule has 0 fully saturated rings. The van der Waals surface area contributed by atoms with Crippen molar-refractivity contribution in [3.63, 3.8) is 0 Å². The molecule has 31 heavy (non-hydrogen) atoms. The predicted octanol–water partition coefficient (Wildman–Crippen LogP) is 0.817. The molecule has 0 radical (unpaired) electrons. The Morgan fingerprint density at radius 1 is 0.968 bits per heavy atom. The summed E-state index contributed by atoms with van der Waals surface area (Å²) in [5.41, 5.74) is 6.09. The molecule has 0 atom stereocenters. The fourth-order valence-corrected chi connectivity index (χ4v) is 3.51. The fourth-order valence-electron chi connectivity index (χ4n) is 3.51. The first-order valence-corrected chi connectivity index (χ1v) is 9.66. The smallest absolute Gasteiger partial charge is 0.212 e. The summed E-state index contributed by atoms with van der Waals surface area (Å²) in [7, 11) is 6.12. The van der Waals surface area contributed by atoms with Gasteiger partial charge in [-0.05, 0) is 23.8 Å². The quantitative estimate of drug-likeness (QED) is 0.221. The number of carbonyl (C=O) groups excluding carboxylic acids is 1. The standard InChI is InChI=1S/C25H23N4O.HI/c1-17(18-5-7-19(8-6-18)25(30)22-16-26-13-14-27-22)23-11-9-20-15-21(28(2)3)10-12-24(20)29(23)4;/h5-16H,1H2,2-4H3;1H/q+1;/p-1. The highest BCUT2D eigenvalue weighted by atomic mass is 127. The molecule has 5 nitrogen and oxygen atoms in total.